The van der Waals surface area contributed by atoms with Crippen molar-refractivity contribution in [3.8, 4) is 5.75 Å². The van der Waals surface area contributed by atoms with Crippen molar-refractivity contribution in [2.75, 3.05) is 45.7 Å². The Morgan fingerprint density at radius 1 is 1.10 bits per heavy atom. The highest BCUT2D eigenvalue weighted by Crippen LogP contribution is 2.21. The van der Waals surface area contributed by atoms with Gasteiger partial charge in [-0.3, -0.25) is 4.79 Å². The molecule has 0 unspecified atom stereocenters. The van der Waals surface area contributed by atoms with Crippen molar-refractivity contribution in [2.45, 2.75) is 11.3 Å². The Hall–Kier alpha value is -2.49. The Kier molecular flexibility index (Phi) is 6.51. The first kappa shape index (κ1) is 21.2. The molecule has 3 rings (SSSR count). The number of methoxy groups -OCH3 is 1. The molecule has 1 heterocycles. The molecule has 0 spiro atoms. The first-order chi connectivity index (χ1) is 13.8. The van der Waals surface area contributed by atoms with Crippen molar-refractivity contribution in [1.29, 1.82) is 0 Å². The number of hydrogen-bond acceptors (Lipinski definition) is 5. The summed E-state index contributed by atoms with van der Waals surface area (Å²) in [6.45, 7) is 2.30. The lowest BCUT2D eigenvalue weighted by atomic mass is 10.1. The molecule has 1 N–H and O–H groups in total. The lowest BCUT2D eigenvalue weighted by molar-refractivity contribution is -0.115. The summed E-state index contributed by atoms with van der Waals surface area (Å²) in [5, 5.41) is 2.69. The smallest absolute Gasteiger partial charge is 0.243 e. The van der Waals surface area contributed by atoms with Gasteiger partial charge in [-0.1, -0.05) is 6.07 Å². The van der Waals surface area contributed by atoms with E-state index in [9.17, 15) is 17.6 Å². The molecule has 29 heavy (non-hydrogen) atoms. The van der Waals surface area contributed by atoms with Crippen LogP contribution in [0.3, 0.4) is 0 Å². The topological polar surface area (TPSA) is 78.9 Å². The van der Waals surface area contributed by atoms with Crippen LogP contribution >= 0.6 is 0 Å². The van der Waals surface area contributed by atoms with E-state index in [0.717, 1.165) is 0 Å². The molecule has 1 aliphatic heterocycles. The number of nitrogens with one attached hydrogen (secondary N) is 1. The number of hydrogen-bond donors (Lipinski definition) is 1. The fraction of sp³-hybridized carbons (Fsp3) is 0.350. The second kappa shape index (κ2) is 8.89. The zero-order chi connectivity index (χ0) is 21.0. The first-order valence-corrected chi connectivity index (χ1v) is 10.6. The summed E-state index contributed by atoms with van der Waals surface area (Å²) < 4.78 is 45.5. The summed E-state index contributed by atoms with van der Waals surface area (Å²) in [7, 11) is -0.217. The van der Waals surface area contributed by atoms with Crippen molar-refractivity contribution >= 4 is 21.6 Å². The van der Waals surface area contributed by atoms with Crippen LogP contribution in [0.1, 0.15) is 5.56 Å². The van der Waals surface area contributed by atoms with Crippen LogP contribution in [0.4, 0.5) is 10.1 Å². The Morgan fingerprint density at radius 3 is 2.34 bits per heavy atom. The summed E-state index contributed by atoms with van der Waals surface area (Å²) in [5.41, 5.74) is 0.983. The van der Waals surface area contributed by atoms with E-state index < -0.39 is 15.8 Å². The zero-order valence-corrected chi connectivity index (χ0v) is 17.2. The number of carbonyl (C=O) groups is 1. The minimum Gasteiger partial charge on any atom is -0.494 e. The number of sulfonamides is 1. The molecule has 0 aromatic heterocycles. The predicted octanol–water partition coefficient (Wildman–Crippen LogP) is 1.95. The van der Waals surface area contributed by atoms with Gasteiger partial charge in [0.25, 0.3) is 0 Å². The standard InChI is InChI=1S/C20H24FN3O4S/c1-23-9-11-24(12-10-23)29(26,27)17-6-4-16(5-7-17)22-20(25)14-15-3-8-19(28-2)18(21)13-15/h3-8,13H,9-12,14H2,1-2H3,(H,22,25). The van der Waals surface area contributed by atoms with Crippen molar-refractivity contribution in [3.63, 3.8) is 0 Å². The van der Waals surface area contributed by atoms with E-state index in [2.05, 4.69) is 10.2 Å². The second-order valence-electron chi connectivity index (χ2n) is 6.93. The molecular formula is C20H24FN3O4S. The summed E-state index contributed by atoms with van der Waals surface area (Å²) in [6, 6.07) is 10.4. The van der Waals surface area contributed by atoms with Gasteiger partial charge in [-0.2, -0.15) is 4.31 Å². The molecule has 1 aliphatic rings. The van der Waals surface area contributed by atoms with Crippen LogP contribution in [0.2, 0.25) is 0 Å². The molecule has 1 amide bonds. The number of ether oxygens (including phenoxy) is 1. The second-order valence-corrected chi connectivity index (χ2v) is 8.86. The van der Waals surface area contributed by atoms with Gasteiger partial charge in [0, 0.05) is 31.9 Å². The minimum absolute atomic E-state index is 0.0116. The number of rotatable bonds is 6. The zero-order valence-electron chi connectivity index (χ0n) is 16.4. The number of benzene rings is 2. The Labute approximate surface area is 170 Å². The lowest BCUT2D eigenvalue weighted by Gasteiger charge is -2.31. The fourth-order valence-electron chi connectivity index (χ4n) is 3.10. The molecule has 156 valence electrons. The van der Waals surface area contributed by atoms with Gasteiger partial charge in [-0.05, 0) is 49.0 Å². The number of nitrogens with zero attached hydrogens (tertiary/aromatic N) is 2. The molecule has 0 bridgehead atoms. The van der Waals surface area contributed by atoms with E-state index >= 15 is 0 Å². The predicted molar refractivity (Wildman–Crippen MR) is 108 cm³/mol. The summed E-state index contributed by atoms with van der Waals surface area (Å²) in [4.78, 5) is 14.5. The number of anilines is 1. The van der Waals surface area contributed by atoms with E-state index in [0.29, 0.717) is 37.4 Å². The lowest BCUT2D eigenvalue weighted by Crippen LogP contribution is -2.46. The molecule has 0 atom stereocenters. The van der Waals surface area contributed by atoms with Crippen LogP contribution in [0.15, 0.2) is 47.4 Å². The average molecular weight is 421 g/mol. The minimum atomic E-state index is -3.55. The molecule has 2 aromatic rings. The van der Waals surface area contributed by atoms with Crippen LogP contribution in [0.25, 0.3) is 0 Å². The van der Waals surface area contributed by atoms with Crippen LogP contribution in [-0.2, 0) is 21.2 Å². The normalized spacial score (nSPS) is 15.8. The van der Waals surface area contributed by atoms with E-state index in [1.165, 1.54) is 35.7 Å². The highest BCUT2D eigenvalue weighted by molar-refractivity contribution is 7.89. The van der Waals surface area contributed by atoms with Crippen LogP contribution in [0, 0.1) is 5.82 Å². The summed E-state index contributed by atoms with van der Waals surface area (Å²) in [6.07, 6.45) is -0.0116. The van der Waals surface area contributed by atoms with Gasteiger partial charge in [0.05, 0.1) is 18.4 Å². The number of carbonyl (C=O) groups excluding carboxylic acids is 1. The van der Waals surface area contributed by atoms with E-state index in [4.69, 9.17) is 4.74 Å². The van der Waals surface area contributed by atoms with Gasteiger partial charge in [0.1, 0.15) is 0 Å². The number of amides is 1. The first-order valence-electron chi connectivity index (χ1n) is 9.20. The van der Waals surface area contributed by atoms with Crippen LogP contribution in [0.5, 0.6) is 5.75 Å². The third-order valence-corrected chi connectivity index (χ3v) is 6.73. The quantitative estimate of drug-likeness (QED) is 0.771. The van der Waals surface area contributed by atoms with Crippen molar-refractivity contribution in [2.24, 2.45) is 0 Å². The van der Waals surface area contributed by atoms with Gasteiger partial charge in [-0.25, -0.2) is 12.8 Å². The molecule has 9 heteroatoms. The number of piperazine rings is 1. The highest BCUT2D eigenvalue weighted by atomic mass is 32.2. The Morgan fingerprint density at radius 2 is 1.76 bits per heavy atom. The number of likely N-dealkylation sites (N-methyl/N-ethyl adjacent to an activating group) is 1. The monoisotopic (exact) mass is 421 g/mol. The number of halogens is 1. The van der Waals surface area contributed by atoms with Gasteiger partial charge in [-0.15, -0.1) is 0 Å². The van der Waals surface area contributed by atoms with Crippen LogP contribution in [-0.4, -0.2) is 63.9 Å². The van der Waals surface area contributed by atoms with Crippen molar-refractivity contribution in [1.82, 2.24) is 9.21 Å². The largest absolute Gasteiger partial charge is 0.494 e. The molecule has 1 saturated heterocycles. The van der Waals surface area contributed by atoms with Crippen molar-refractivity contribution < 1.29 is 22.3 Å². The Balaban J connectivity index is 1.62. The van der Waals surface area contributed by atoms with E-state index in [1.807, 2.05) is 7.05 Å². The van der Waals surface area contributed by atoms with Crippen molar-refractivity contribution in [3.05, 3.63) is 53.8 Å². The average Bonchev–Trinajstić information content (AvgIpc) is 2.69. The third-order valence-electron chi connectivity index (χ3n) is 4.82. The summed E-state index contributed by atoms with van der Waals surface area (Å²) in [5.74, 6) is -0.744. The maximum atomic E-state index is 13.7. The molecule has 0 saturated carbocycles. The molecule has 7 nitrogen and oxygen atoms in total. The summed E-state index contributed by atoms with van der Waals surface area (Å²) >= 11 is 0. The third kappa shape index (κ3) is 5.11. The molecule has 1 fully saturated rings. The van der Waals surface area contributed by atoms with Gasteiger partial charge in [0.15, 0.2) is 11.6 Å². The SMILES string of the molecule is COc1ccc(CC(=O)Nc2ccc(S(=O)(=O)N3CCN(C)CC3)cc2)cc1F. The molecule has 2 aromatic carbocycles. The fourth-order valence-corrected chi connectivity index (χ4v) is 4.52. The van der Waals surface area contributed by atoms with Gasteiger partial charge in [0.2, 0.25) is 15.9 Å². The molecule has 0 radical (unpaired) electrons. The van der Waals surface area contributed by atoms with E-state index in [-0.39, 0.29) is 23.0 Å². The molecule has 0 aliphatic carbocycles. The van der Waals surface area contributed by atoms with Crippen LogP contribution < -0.4 is 10.1 Å². The highest BCUT2D eigenvalue weighted by Gasteiger charge is 2.27. The maximum Gasteiger partial charge on any atom is 0.243 e. The van der Waals surface area contributed by atoms with E-state index in [1.54, 1.807) is 18.2 Å². The molecular weight excluding hydrogens is 397 g/mol. The van der Waals surface area contributed by atoms with Gasteiger partial charge < -0.3 is 15.0 Å². The maximum absolute atomic E-state index is 13.7. The Bertz CT molecular complexity index is 972. The van der Waals surface area contributed by atoms with Gasteiger partial charge >= 0.3 is 0 Å².